The zero-order valence-corrected chi connectivity index (χ0v) is 10.7. The molecule has 0 unspecified atom stereocenters. The highest BCUT2D eigenvalue weighted by Crippen LogP contribution is 2.29. The summed E-state index contributed by atoms with van der Waals surface area (Å²) < 4.78 is 5.36. The molecule has 1 aromatic carbocycles. The second-order valence-corrected chi connectivity index (χ2v) is 4.27. The van der Waals surface area contributed by atoms with Crippen LogP contribution in [0, 0.1) is 6.92 Å². The molecule has 1 heterocycles. The quantitative estimate of drug-likeness (QED) is 0.851. The molecule has 4 nitrogen and oxygen atoms in total. The third-order valence-corrected chi connectivity index (χ3v) is 2.85. The van der Waals surface area contributed by atoms with Crippen LogP contribution in [0.1, 0.15) is 17.8 Å². The van der Waals surface area contributed by atoms with Crippen molar-refractivity contribution in [2.45, 2.75) is 19.8 Å². The topological polar surface area (TPSA) is 58.1 Å². The number of aryl methyl sites for hydroxylation is 2. The van der Waals surface area contributed by atoms with Gasteiger partial charge in [-0.2, -0.15) is 0 Å². The molecule has 0 saturated heterocycles. The largest absolute Gasteiger partial charge is 0.496 e. The normalized spacial score (nSPS) is 10.6. The molecule has 2 aromatic rings. The zero-order valence-electron chi connectivity index (χ0n) is 10.7. The van der Waals surface area contributed by atoms with Crippen LogP contribution in [0.2, 0.25) is 0 Å². The number of hydrogen-bond acceptors (Lipinski definition) is 3. The van der Waals surface area contributed by atoms with Gasteiger partial charge in [-0.1, -0.05) is 11.6 Å². The van der Waals surface area contributed by atoms with E-state index in [4.69, 9.17) is 9.84 Å². The van der Waals surface area contributed by atoms with Crippen molar-refractivity contribution < 1.29 is 9.84 Å². The summed E-state index contributed by atoms with van der Waals surface area (Å²) in [6.07, 6.45) is 3.28. The lowest BCUT2D eigenvalue weighted by Gasteiger charge is -2.07. The second-order valence-electron chi connectivity index (χ2n) is 4.27. The lowest BCUT2D eigenvalue weighted by molar-refractivity contribution is 0.287. The van der Waals surface area contributed by atoms with Gasteiger partial charge in [0.1, 0.15) is 11.6 Å². The zero-order chi connectivity index (χ0) is 13.0. The van der Waals surface area contributed by atoms with Gasteiger partial charge in [-0.05, 0) is 25.5 Å². The maximum Gasteiger partial charge on any atom is 0.128 e. The average Bonchev–Trinajstić information content (AvgIpc) is 2.85. The molecule has 0 fully saturated rings. The van der Waals surface area contributed by atoms with Crippen LogP contribution in [0.25, 0.3) is 11.3 Å². The first-order chi connectivity index (χ1) is 8.74. The number of hydrogen-bond donors (Lipinski definition) is 2. The fourth-order valence-corrected chi connectivity index (χ4v) is 1.91. The molecule has 2 rings (SSSR count). The van der Waals surface area contributed by atoms with Gasteiger partial charge >= 0.3 is 0 Å². The summed E-state index contributed by atoms with van der Waals surface area (Å²) >= 11 is 0. The van der Waals surface area contributed by atoms with Crippen molar-refractivity contribution in [3.63, 3.8) is 0 Å². The molecule has 0 aliphatic heterocycles. The van der Waals surface area contributed by atoms with Crippen LogP contribution in [-0.4, -0.2) is 28.8 Å². The number of aliphatic hydroxyl groups is 1. The van der Waals surface area contributed by atoms with Gasteiger partial charge in [0.15, 0.2) is 0 Å². The van der Waals surface area contributed by atoms with E-state index >= 15 is 0 Å². The maximum absolute atomic E-state index is 8.81. The minimum atomic E-state index is 0.184. The Morgan fingerprint density at radius 2 is 2.22 bits per heavy atom. The van der Waals surface area contributed by atoms with E-state index in [1.54, 1.807) is 7.11 Å². The number of rotatable bonds is 5. The third-order valence-electron chi connectivity index (χ3n) is 2.85. The number of methoxy groups -OCH3 is 1. The number of ether oxygens (including phenoxy) is 1. The highest BCUT2D eigenvalue weighted by atomic mass is 16.5. The van der Waals surface area contributed by atoms with E-state index in [0.717, 1.165) is 35.7 Å². The van der Waals surface area contributed by atoms with Gasteiger partial charge in [0.2, 0.25) is 0 Å². The first-order valence-corrected chi connectivity index (χ1v) is 6.04. The average molecular weight is 246 g/mol. The fourth-order valence-electron chi connectivity index (χ4n) is 1.91. The monoisotopic (exact) mass is 246 g/mol. The molecule has 0 aliphatic carbocycles. The molecule has 0 atom stereocenters. The summed E-state index contributed by atoms with van der Waals surface area (Å²) in [7, 11) is 1.66. The Morgan fingerprint density at radius 1 is 1.39 bits per heavy atom. The van der Waals surface area contributed by atoms with Crippen molar-refractivity contribution in [2.75, 3.05) is 13.7 Å². The number of aromatic amines is 1. The Bertz CT molecular complexity index is 520. The smallest absolute Gasteiger partial charge is 0.128 e. The molecule has 0 radical (unpaired) electrons. The van der Waals surface area contributed by atoms with Crippen LogP contribution in [0.15, 0.2) is 24.4 Å². The van der Waals surface area contributed by atoms with Crippen LogP contribution < -0.4 is 4.74 Å². The molecule has 0 spiro atoms. The minimum Gasteiger partial charge on any atom is -0.496 e. The summed E-state index contributed by atoms with van der Waals surface area (Å²) in [5.41, 5.74) is 3.14. The van der Waals surface area contributed by atoms with Gasteiger partial charge in [-0.3, -0.25) is 0 Å². The SMILES string of the molecule is COc1ccc(C)cc1-c1cnc(CCCO)[nH]1. The van der Waals surface area contributed by atoms with Crippen molar-refractivity contribution in [2.24, 2.45) is 0 Å². The van der Waals surface area contributed by atoms with Crippen LogP contribution >= 0.6 is 0 Å². The molecule has 4 heteroatoms. The van der Waals surface area contributed by atoms with Gasteiger partial charge in [-0.25, -0.2) is 4.98 Å². The van der Waals surface area contributed by atoms with Crippen LogP contribution in [0.4, 0.5) is 0 Å². The number of H-pyrrole nitrogens is 1. The molecular weight excluding hydrogens is 228 g/mol. The van der Waals surface area contributed by atoms with Crippen molar-refractivity contribution >= 4 is 0 Å². The number of nitrogens with one attached hydrogen (secondary N) is 1. The molecule has 1 aromatic heterocycles. The minimum absolute atomic E-state index is 0.184. The predicted molar refractivity (Wildman–Crippen MR) is 70.7 cm³/mol. The lowest BCUT2D eigenvalue weighted by Crippen LogP contribution is -1.92. The summed E-state index contributed by atoms with van der Waals surface area (Å²) in [5, 5.41) is 8.81. The van der Waals surface area contributed by atoms with E-state index in [-0.39, 0.29) is 6.61 Å². The number of aromatic nitrogens is 2. The summed E-state index contributed by atoms with van der Waals surface area (Å²) in [5.74, 6) is 1.72. The van der Waals surface area contributed by atoms with E-state index in [0.29, 0.717) is 0 Å². The number of nitrogens with zero attached hydrogens (tertiary/aromatic N) is 1. The van der Waals surface area contributed by atoms with E-state index < -0.39 is 0 Å². The van der Waals surface area contributed by atoms with Gasteiger partial charge in [0.25, 0.3) is 0 Å². The number of imidazole rings is 1. The van der Waals surface area contributed by atoms with Crippen molar-refractivity contribution in [1.29, 1.82) is 0 Å². The van der Waals surface area contributed by atoms with Gasteiger partial charge < -0.3 is 14.8 Å². The molecule has 18 heavy (non-hydrogen) atoms. The van der Waals surface area contributed by atoms with Crippen LogP contribution in [-0.2, 0) is 6.42 Å². The van der Waals surface area contributed by atoms with Crippen LogP contribution in [0.3, 0.4) is 0 Å². The molecular formula is C14H18N2O2. The Balaban J connectivity index is 2.30. The van der Waals surface area contributed by atoms with E-state index in [2.05, 4.69) is 16.0 Å². The molecule has 0 amide bonds. The van der Waals surface area contributed by atoms with Gasteiger partial charge in [0, 0.05) is 18.6 Å². The standard InChI is InChI=1S/C14H18N2O2/c1-10-5-6-13(18-2)11(8-10)12-9-15-14(16-12)4-3-7-17/h5-6,8-9,17H,3-4,7H2,1-2H3,(H,15,16). The summed E-state index contributed by atoms with van der Waals surface area (Å²) in [6, 6.07) is 6.05. The van der Waals surface area contributed by atoms with Crippen molar-refractivity contribution in [3.05, 3.63) is 35.8 Å². The number of aliphatic hydroxyl groups excluding tert-OH is 1. The Labute approximate surface area is 107 Å². The van der Waals surface area contributed by atoms with Crippen molar-refractivity contribution in [1.82, 2.24) is 9.97 Å². The Hall–Kier alpha value is -1.81. The fraction of sp³-hybridized carbons (Fsp3) is 0.357. The highest BCUT2D eigenvalue weighted by molar-refractivity contribution is 5.67. The van der Waals surface area contributed by atoms with E-state index in [9.17, 15) is 0 Å². The van der Waals surface area contributed by atoms with Crippen LogP contribution in [0.5, 0.6) is 5.75 Å². The first-order valence-electron chi connectivity index (χ1n) is 6.04. The predicted octanol–water partition coefficient (Wildman–Crippen LogP) is 2.32. The van der Waals surface area contributed by atoms with E-state index in [1.165, 1.54) is 5.56 Å². The van der Waals surface area contributed by atoms with E-state index in [1.807, 2.05) is 25.3 Å². The molecule has 0 bridgehead atoms. The molecule has 96 valence electrons. The highest BCUT2D eigenvalue weighted by Gasteiger charge is 2.09. The molecule has 0 aliphatic rings. The van der Waals surface area contributed by atoms with Gasteiger partial charge in [-0.15, -0.1) is 0 Å². The Kier molecular flexibility index (Phi) is 3.99. The number of benzene rings is 1. The third kappa shape index (κ3) is 2.71. The molecule has 0 saturated carbocycles. The molecule has 2 N–H and O–H groups in total. The maximum atomic E-state index is 8.81. The lowest BCUT2D eigenvalue weighted by atomic mass is 10.1. The summed E-state index contributed by atoms with van der Waals surface area (Å²) in [4.78, 5) is 7.58. The summed E-state index contributed by atoms with van der Waals surface area (Å²) in [6.45, 7) is 2.23. The van der Waals surface area contributed by atoms with Crippen molar-refractivity contribution in [3.8, 4) is 17.0 Å². The second kappa shape index (κ2) is 5.69. The Morgan fingerprint density at radius 3 is 2.94 bits per heavy atom. The van der Waals surface area contributed by atoms with Gasteiger partial charge in [0.05, 0.1) is 19.0 Å². The first kappa shape index (κ1) is 12.6.